The summed E-state index contributed by atoms with van der Waals surface area (Å²) in [5.41, 5.74) is 2.42. The smallest absolute Gasteiger partial charge is 0.355 e. The first-order valence-electron chi connectivity index (χ1n) is 11.3. The zero-order chi connectivity index (χ0) is 22.5. The number of fused-ring (bicyclic) bond motifs is 1. The van der Waals surface area contributed by atoms with Crippen LogP contribution in [0.2, 0.25) is 0 Å². The molecule has 2 heterocycles. The van der Waals surface area contributed by atoms with Gasteiger partial charge in [0.15, 0.2) is 5.43 Å². The molecule has 0 atom stereocenters. The number of carbonyl (C=O) groups excluding carboxylic acids is 1. The van der Waals surface area contributed by atoms with E-state index in [9.17, 15) is 9.59 Å². The summed E-state index contributed by atoms with van der Waals surface area (Å²) in [4.78, 5) is 29.1. The fourth-order valence-electron chi connectivity index (χ4n) is 4.40. The Labute approximate surface area is 188 Å². The first-order chi connectivity index (χ1) is 15.6. The molecule has 1 aliphatic rings. The highest BCUT2D eigenvalue weighted by Gasteiger charge is 2.27. The maximum absolute atomic E-state index is 13.6. The summed E-state index contributed by atoms with van der Waals surface area (Å²) >= 11 is 0. The SMILES string of the molecule is CN(C)CCOC(=O)c1c(CC2CCNCC2)c(=O)c2ccccc2n1-c1ccccc1. The maximum atomic E-state index is 13.6. The van der Waals surface area contributed by atoms with Gasteiger partial charge in [-0.05, 0) is 76.6 Å². The van der Waals surface area contributed by atoms with E-state index in [1.807, 2.05) is 78.2 Å². The summed E-state index contributed by atoms with van der Waals surface area (Å²) < 4.78 is 7.59. The quantitative estimate of drug-likeness (QED) is 0.580. The number of piperidine rings is 1. The first kappa shape index (κ1) is 22.2. The van der Waals surface area contributed by atoms with Gasteiger partial charge in [-0.3, -0.25) is 4.79 Å². The van der Waals surface area contributed by atoms with Crippen LogP contribution in [-0.4, -0.2) is 55.8 Å². The third kappa shape index (κ3) is 4.76. The van der Waals surface area contributed by atoms with Crippen LogP contribution in [0.15, 0.2) is 59.4 Å². The van der Waals surface area contributed by atoms with Gasteiger partial charge in [-0.1, -0.05) is 30.3 Å². The predicted octanol–water partition coefficient (Wildman–Crippen LogP) is 3.25. The summed E-state index contributed by atoms with van der Waals surface area (Å²) in [6, 6.07) is 17.3. The molecule has 1 aromatic heterocycles. The van der Waals surface area contributed by atoms with Crippen LogP contribution in [0.1, 0.15) is 28.9 Å². The lowest BCUT2D eigenvalue weighted by molar-refractivity contribution is 0.0470. The van der Waals surface area contributed by atoms with Crippen molar-refractivity contribution in [2.75, 3.05) is 40.3 Å². The van der Waals surface area contributed by atoms with E-state index in [1.54, 1.807) is 0 Å². The summed E-state index contributed by atoms with van der Waals surface area (Å²) in [7, 11) is 3.87. The molecule has 1 aliphatic heterocycles. The minimum absolute atomic E-state index is 0.0640. The number of likely N-dealkylation sites (N-methyl/N-ethyl adjacent to an activating group) is 1. The van der Waals surface area contributed by atoms with Crippen molar-refractivity contribution in [2.24, 2.45) is 5.92 Å². The lowest BCUT2D eigenvalue weighted by Gasteiger charge is -2.25. The average Bonchev–Trinajstić information content (AvgIpc) is 2.81. The van der Waals surface area contributed by atoms with Crippen LogP contribution in [0.25, 0.3) is 16.6 Å². The molecule has 6 nitrogen and oxygen atoms in total. The van der Waals surface area contributed by atoms with E-state index < -0.39 is 5.97 Å². The number of esters is 1. The van der Waals surface area contributed by atoms with Crippen molar-refractivity contribution >= 4 is 16.9 Å². The third-order valence-corrected chi connectivity index (χ3v) is 6.10. The number of benzene rings is 2. The zero-order valence-corrected chi connectivity index (χ0v) is 18.8. The molecule has 6 heteroatoms. The lowest BCUT2D eigenvalue weighted by Crippen LogP contribution is -2.32. The molecular formula is C26H31N3O3. The highest BCUT2D eigenvalue weighted by Crippen LogP contribution is 2.26. The molecule has 1 N–H and O–H groups in total. The fourth-order valence-corrected chi connectivity index (χ4v) is 4.40. The standard InChI is InChI=1S/C26H31N3O3/c1-28(2)16-17-32-26(31)24-22(18-19-12-14-27-15-13-19)25(30)21-10-6-7-11-23(21)29(24)20-8-4-3-5-9-20/h3-11,19,27H,12-18H2,1-2H3. The van der Waals surface area contributed by atoms with Crippen molar-refractivity contribution < 1.29 is 9.53 Å². The predicted molar refractivity (Wildman–Crippen MR) is 128 cm³/mol. The Balaban J connectivity index is 1.91. The number of nitrogens with one attached hydrogen (secondary N) is 1. The van der Waals surface area contributed by atoms with Crippen molar-refractivity contribution in [3.63, 3.8) is 0 Å². The van der Waals surface area contributed by atoms with Gasteiger partial charge in [-0.15, -0.1) is 0 Å². The molecule has 0 spiro atoms. The molecule has 3 aromatic rings. The molecule has 4 rings (SSSR count). The molecular weight excluding hydrogens is 402 g/mol. The molecule has 0 amide bonds. The largest absolute Gasteiger partial charge is 0.460 e. The van der Waals surface area contributed by atoms with E-state index in [4.69, 9.17) is 4.74 Å². The minimum atomic E-state index is -0.442. The van der Waals surface area contributed by atoms with Crippen molar-refractivity contribution in [3.8, 4) is 5.69 Å². The van der Waals surface area contributed by atoms with Crippen molar-refractivity contribution in [1.29, 1.82) is 0 Å². The Kier molecular flexibility index (Phi) is 7.02. The van der Waals surface area contributed by atoms with E-state index in [0.717, 1.165) is 37.1 Å². The van der Waals surface area contributed by atoms with Crippen LogP contribution in [0, 0.1) is 5.92 Å². The monoisotopic (exact) mass is 433 g/mol. The van der Waals surface area contributed by atoms with Crippen molar-refractivity contribution in [2.45, 2.75) is 19.3 Å². The van der Waals surface area contributed by atoms with E-state index >= 15 is 0 Å². The normalized spacial score (nSPS) is 14.7. The molecule has 0 bridgehead atoms. The minimum Gasteiger partial charge on any atom is -0.460 e. The number of carbonyl (C=O) groups is 1. The second-order valence-corrected chi connectivity index (χ2v) is 8.68. The Hall–Kier alpha value is -2.96. The second kappa shape index (κ2) is 10.1. The van der Waals surface area contributed by atoms with E-state index in [-0.39, 0.29) is 12.0 Å². The molecule has 0 saturated carbocycles. The van der Waals surface area contributed by atoms with Crippen LogP contribution >= 0.6 is 0 Å². The van der Waals surface area contributed by atoms with Gasteiger partial charge in [0.2, 0.25) is 0 Å². The van der Waals surface area contributed by atoms with Crippen molar-refractivity contribution in [3.05, 3.63) is 76.1 Å². The summed E-state index contributed by atoms with van der Waals surface area (Å²) in [6.45, 7) is 2.77. The number of aromatic nitrogens is 1. The molecule has 1 fully saturated rings. The molecule has 32 heavy (non-hydrogen) atoms. The second-order valence-electron chi connectivity index (χ2n) is 8.68. The third-order valence-electron chi connectivity index (χ3n) is 6.10. The van der Waals surface area contributed by atoms with Crippen LogP contribution < -0.4 is 10.7 Å². The fraction of sp³-hybridized carbons (Fsp3) is 0.385. The van der Waals surface area contributed by atoms with E-state index in [0.29, 0.717) is 35.5 Å². The topological polar surface area (TPSA) is 63.6 Å². The van der Waals surface area contributed by atoms with Gasteiger partial charge in [0.25, 0.3) is 0 Å². The summed E-state index contributed by atoms with van der Waals surface area (Å²) in [6.07, 6.45) is 2.57. The summed E-state index contributed by atoms with van der Waals surface area (Å²) in [5.74, 6) is -0.0786. The van der Waals surface area contributed by atoms with Crippen LogP contribution in [-0.2, 0) is 11.2 Å². The number of hydrogen-bond acceptors (Lipinski definition) is 5. The van der Waals surface area contributed by atoms with Gasteiger partial charge in [-0.2, -0.15) is 0 Å². The Bertz CT molecular complexity index is 1130. The lowest BCUT2D eigenvalue weighted by atomic mass is 9.89. The highest BCUT2D eigenvalue weighted by molar-refractivity contribution is 5.95. The Morgan fingerprint density at radius 2 is 1.75 bits per heavy atom. The van der Waals surface area contributed by atoms with E-state index in [1.165, 1.54) is 0 Å². The number of para-hydroxylation sites is 2. The van der Waals surface area contributed by atoms with Crippen LogP contribution in [0.5, 0.6) is 0 Å². The number of rotatable bonds is 7. The van der Waals surface area contributed by atoms with Gasteiger partial charge >= 0.3 is 5.97 Å². The molecule has 0 aliphatic carbocycles. The number of hydrogen-bond donors (Lipinski definition) is 1. The molecule has 2 aromatic carbocycles. The van der Waals surface area contributed by atoms with Gasteiger partial charge in [0, 0.05) is 23.2 Å². The number of pyridine rings is 1. The molecule has 168 valence electrons. The Morgan fingerprint density at radius 3 is 2.47 bits per heavy atom. The van der Waals surface area contributed by atoms with Crippen LogP contribution in [0.3, 0.4) is 0 Å². The maximum Gasteiger partial charge on any atom is 0.355 e. The highest BCUT2D eigenvalue weighted by atomic mass is 16.5. The van der Waals surface area contributed by atoms with Crippen LogP contribution in [0.4, 0.5) is 0 Å². The van der Waals surface area contributed by atoms with Gasteiger partial charge in [-0.25, -0.2) is 4.79 Å². The zero-order valence-electron chi connectivity index (χ0n) is 18.8. The molecule has 0 radical (unpaired) electrons. The summed E-state index contributed by atoms with van der Waals surface area (Å²) in [5, 5.41) is 4.01. The average molecular weight is 434 g/mol. The first-order valence-corrected chi connectivity index (χ1v) is 11.3. The Morgan fingerprint density at radius 1 is 1.06 bits per heavy atom. The van der Waals surface area contributed by atoms with Gasteiger partial charge < -0.3 is 19.5 Å². The number of ether oxygens (including phenoxy) is 1. The van der Waals surface area contributed by atoms with Gasteiger partial charge in [0.1, 0.15) is 12.3 Å². The number of nitrogens with zero attached hydrogens (tertiary/aromatic N) is 2. The van der Waals surface area contributed by atoms with Crippen molar-refractivity contribution in [1.82, 2.24) is 14.8 Å². The molecule has 0 unspecified atom stereocenters. The van der Waals surface area contributed by atoms with E-state index in [2.05, 4.69) is 5.32 Å². The molecule has 1 saturated heterocycles. The van der Waals surface area contributed by atoms with Gasteiger partial charge in [0.05, 0.1) is 5.52 Å².